The first-order valence-electron chi connectivity index (χ1n) is 6.01. The van der Waals surface area contributed by atoms with Crippen LogP contribution in [0.3, 0.4) is 0 Å². The minimum Gasteiger partial charge on any atom is -0.419 e. The molecule has 7 heteroatoms. The van der Waals surface area contributed by atoms with Gasteiger partial charge in [-0.1, -0.05) is 24.3 Å². The van der Waals surface area contributed by atoms with Crippen molar-refractivity contribution in [3.8, 4) is 17.2 Å². The lowest BCUT2D eigenvalue weighted by Crippen LogP contribution is -2.11. The Morgan fingerprint density at radius 3 is 2.57 bits per heavy atom. The van der Waals surface area contributed by atoms with E-state index in [0.29, 0.717) is 5.56 Å². The van der Waals surface area contributed by atoms with Gasteiger partial charge < -0.3 is 13.1 Å². The molecule has 3 rings (SSSR count). The first-order chi connectivity index (χ1) is 9.96. The third-order valence-corrected chi connectivity index (χ3v) is 3.64. The normalized spacial score (nSPS) is 14.7. The minimum absolute atomic E-state index is 0.00918. The van der Waals surface area contributed by atoms with Crippen LogP contribution in [0.4, 0.5) is 0 Å². The van der Waals surface area contributed by atoms with Gasteiger partial charge in [0.2, 0.25) is 5.75 Å². The summed E-state index contributed by atoms with van der Waals surface area (Å²) in [7, 11) is -4.13. The highest BCUT2D eigenvalue weighted by Crippen LogP contribution is 2.43. The Morgan fingerprint density at radius 1 is 1.05 bits per heavy atom. The third-order valence-electron chi connectivity index (χ3n) is 2.89. The van der Waals surface area contributed by atoms with E-state index in [0.717, 1.165) is 5.56 Å². The number of aryl methyl sites for hydroxylation is 1. The van der Waals surface area contributed by atoms with Crippen molar-refractivity contribution in [1.82, 2.24) is 0 Å². The highest BCUT2D eigenvalue weighted by atomic mass is 32.3. The van der Waals surface area contributed by atoms with Crippen LogP contribution >= 0.6 is 0 Å². The van der Waals surface area contributed by atoms with Crippen molar-refractivity contribution in [1.29, 1.82) is 0 Å². The predicted octanol–water partition coefficient (Wildman–Crippen LogP) is 2.23. The molecule has 2 aromatic rings. The smallest absolute Gasteiger partial charge is 0.419 e. The summed E-state index contributed by atoms with van der Waals surface area (Å²) >= 11 is 0. The molecule has 0 bridgehead atoms. The predicted molar refractivity (Wildman–Crippen MR) is 72.8 cm³/mol. The van der Waals surface area contributed by atoms with Crippen LogP contribution in [0.1, 0.15) is 15.9 Å². The van der Waals surface area contributed by atoms with Gasteiger partial charge in [-0.3, -0.25) is 0 Å². The highest BCUT2D eigenvalue weighted by molar-refractivity contribution is 7.82. The monoisotopic (exact) mass is 306 g/mol. The highest BCUT2D eigenvalue weighted by Gasteiger charge is 2.32. The molecule has 108 valence electrons. The average Bonchev–Trinajstić information content (AvgIpc) is 2.74. The molecule has 0 radical (unpaired) electrons. The molecular weight excluding hydrogens is 296 g/mol. The Bertz CT molecular complexity index is 825. The fourth-order valence-electron chi connectivity index (χ4n) is 1.91. The lowest BCUT2D eigenvalue weighted by Gasteiger charge is -2.07. The van der Waals surface area contributed by atoms with E-state index in [4.69, 9.17) is 4.74 Å². The van der Waals surface area contributed by atoms with Crippen molar-refractivity contribution in [3.63, 3.8) is 0 Å². The quantitative estimate of drug-likeness (QED) is 0.625. The number of hydrogen-bond donors (Lipinski definition) is 0. The summed E-state index contributed by atoms with van der Waals surface area (Å²) in [6.07, 6.45) is 0. The maximum atomic E-state index is 12.1. The molecule has 0 atom stereocenters. The number of hydrogen-bond acceptors (Lipinski definition) is 6. The van der Waals surface area contributed by atoms with Crippen molar-refractivity contribution in [2.75, 3.05) is 0 Å². The zero-order valence-corrected chi connectivity index (χ0v) is 11.7. The number of para-hydroxylation sites is 1. The van der Waals surface area contributed by atoms with Gasteiger partial charge in [0.15, 0.2) is 11.5 Å². The van der Waals surface area contributed by atoms with Crippen LogP contribution < -0.4 is 13.1 Å². The molecule has 0 saturated heterocycles. The second-order valence-electron chi connectivity index (χ2n) is 4.36. The lowest BCUT2D eigenvalue weighted by molar-refractivity contribution is 0.0731. The van der Waals surface area contributed by atoms with E-state index in [-0.39, 0.29) is 17.2 Å². The molecule has 1 aliphatic rings. The van der Waals surface area contributed by atoms with E-state index >= 15 is 0 Å². The summed E-state index contributed by atoms with van der Waals surface area (Å²) in [4.78, 5) is 12.1. The zero-order chi connectivity index (χ0) is 15.0. The van der Waals surface area contributed by atoms with Gasteiger partial charge in [0.05, 0.1) is 5.56 Å². The third kappa shape index (κ3) is 2.55. The molecule has 0 unspecified atom stereocenters. The van der Waals surface area contributed by atoms with Crippen LogP contribution in [-0.4, -0.2) is 14.4 Å². The molecular formula is C14H10O6S. The van der Waals surface area contributed by atoms with E-state index < -0.39 is 16.4 Å². The first-order valence-corrected chi connectivity index (χ1v) is 7.34. The van der Waals surface area contributed by atoms with Gasteiger partial charge in [-0.2, -0.15) is 0 Å². The number of carbonyl (C=O) groups excluding carboxylic acids is 1. The minimum atomic E-state index is -4.13. The van der Waals surface area contributed by atoms with E-state index in [9.17, 15) is 13.2 Å². The Kier molecular flexibility index (Phi) is 3.06. The molecule has 0 aromatic heterocycles. The Labute approximate surface area is 121 Å². The van der Waals surface area contributed by atoms with Crippen molar-refractivity contribution in [2.24, 2.45) is 0 Å². The zero-order valence-electron chi connectivity index (χ0n) is 10.9. The van der Waals surface area contributed by atoms with Crippen LogP contribution in [-0.2, 0) is 10.4 Å². The van der Waals surface area contributed by atoms with E-state index in [1.165, 1.54) is 18.2 Å². The summed E-state index contributed by atoms with van der Waals surface area (Å²) in [6.45, 7) is 1.77. The van der Waals surface area contributed by atoms with Crippen molar-refractivity contribution < 1.29 is 26.3 Å². The van der Waals surface area contributed by atoms with Crippen LogP contribution in [0.25, 0.3) is 0 Å². The van der Waals surface area contributed by atoms with Gasteiger partial charge >= 0.3 is 16.4 Å². The average molecular weight is 306 g/mol. The van der Waals surface area contributed by atoms with Crippen molar-refractivity contribution in [3.05, 3.63) is 53.6 Å². The summed E-state index contributed by atoms with van der Waals surface area (Å²) in [5, 5.41) is 0. The largest absolute Gasteiger partial charge is 0.501 e. The van der Waals surface area contributed by atoms with Crippen LogP contribution in [0, 0.1) is 6.92 Å². The summed E-state index contributed by atoms with van der Waals surface area (Å²) in [5.74, 6) is -0.749. The molecule has 0 spiro atoms. The Hall–Kier alpha value is -2.54. The second kappa shape index (κ2) is 4.78. The maximum absolute atomic E-state index is 12.1. The Morgan fingerprint density at radius 2 is 1.81 bits per heavy atom. The summed E-state index contributed by atoms with van der Waals surface area (Å²) in [5.41, 5.74) is 1.14. The number of rotatable bonds is 2. The molecule has 0 saturated carbocycles. The van der Waals surface area contributed by atoms with Crippen molar-refractivity contribution >= 4 is 16.4 Å². The van der Waals surface area contributed by atoms with Gasteiger partial charge in [-0.05, 0) is 30.7 Å². The SMILES string of the molecule is Cc1ccccc1C(=O)Oc1cccc2c1OS(=O)(=O)O2. The van der Waals surface area contributed by atoms with E-state index in [1.54, 1.807) is 31.2 Å². The van der Waals surface area contributed by atoms with Crippen LogP contribution in [0.2, 0.25) is 0 Å². The van der Waals surface area contributed by atoms with Gasteiger partial charge in [-0.15, -0.1) is 8.42 Å². The van der Waals surface area contributed by atoms with Gasteiger partial charge in [0.1, 0.15) is 0 Å². The molecule has 0 aliphatic carbocycles. The number of ether oxygens (including phenoxy) is 1. The lowest BCUT2D eigenvalue weighted by atomic mass is 10.1. The number of carbonyl (C=O) groups is 1. The van der Waals surface area contributed by atoms with E-state index in [1.807, 2.05) is 0 Å². The van der Waals surface area contributed by atoms with E-state index in [2.05, 4.69) is 8.37 Å². The number of esters is 1. The van der Waals surface area contributed by atoms with Gasteiger partial charge in [0.25, 0.3) is 0 Å². The van der Waals surface area contributed by atoms with Crippen molar-refractivity contribution in [2.45, 2.75) is 6.92 Å². The Balaban J connectivity index is 1.93. The fourth-order valence-corrected chi connectivity index (χ4v) is 2.66. The second-order valence-corrected chi connectivity index (χ2v) is 5.51. The molecule has 0 amide bonds. The van der Waals surface area contributed by atoms with Gasteiger partial charge in [-0.25, -0.2) is 4.79 Å². The fraction of sp³-hybridized carbons (Fsp3) is 0.0714. The van der Waals surface area contributed by atoms with Gasteiger partial charge in [0, 0.05) is 0 Å². The first kappa shape index (κ1) is 13.4. The molecule has 1 heterocycles. The molecule has 6 nitrogen and oxygen atoms in total. The molecule has 2 aromatic carbocycles. The van der Waals surface area contributed by atoms with Crippen LogP contribution in [0.15, 0.2) is 42.5 Å². The van der Waals surface area contributed by atoms with Crippen LogP contribution in [0.5, 0.6) is 17.2 Å². The number of fused-ring (bicyclic) bond motifs is 1. The molecule has 0 N–H and O–H groups in total. The number of benzene rings is 2. The standard InChI is InChI=1S/C14H10O6S/c1-9-5-2-3-6-10(9)14(15)18-11-7-4-8-12-13(11)20-21(16,17)19-12/h2-8H,1H3. The summed E-state index contributed by atoms with van der Waals surface area (Å²) in [6, 6.07) is 11.2. The molecule has 21 heavy (non-hydrogen) atoms. The molecule has 1 aliphatic heterocycles. The topological polar surface area (TPSA) is 78.9 Å². The molecule has 0 fully saturated rings. The summed E-state index contributed by atoms with van der Waals surface area (Å²) < 4.78 is 37.0. The maximum Gasteiger partial charge on any atom is 0.501 e.